The summed E-state index contributed by atoms with van der Waals surface area (Å²) in [6, 6.07) is 1.27. The standard InChI is InChI=1S/C11H13F2NO4S/c1-2-19(16,17)4-3-18-11(15)7-5-9(13)10(14)6-8(7)12/h5-6H,2-4,14H2,1H3. The van der Waals surface area contributed by atoms with Gasteiger partial charge in [0.05, 0.1) is 17.0 Å². The molecule has 0 saturated carbocycles. The fourth-order valence-corrected chi connectivity index (χ4v) is 1.83. The number of nitrogens with two attached hydrogens (primary N) is 1. The van der Waals surface area contributed by atoms with Crippen LogP contribution in [0.3, 0.4) is 0 Å². The van der Waals surface area contributed by atoms with Crippen molar-refractivity contribution in [2.24, 2.45) is 0 Å². The molecule has 0 aliphatic rings. The number of hydrogen-bond donors (Lipinski definition) is 1. The Balaban J connectivity index is 2.72. The van der Waals surface area contributed by atoms with Gasteiger partial charge in [-0.3, -0.25) is 0 Å². The summed E-state index contributed by atoms with van der Waals surface area (Å²) in [6.45, 7) is 1.03. The van der Waals surface area contributed by atoms with E-state index < -0.39 is 45.3 Å². The van der Waals surface area contributed by atoms with Crippen molar-refractivity contribution in [1.82, 2.24) is 0 Å². The highest BCUT2D eigenvalue weighted by Gasteiger charge is 2.17. The third-order valence-electron chi connectivity index (χ3n) is 2.37. The Labute approximate surface area is 109 Å². The number of carbonyl (C=O) groups is 1. The molecule has 0 aliphatic carbocycles. The van der Waals surface area contributed by atoms with Gasteiger partial charge in [-0.1, -0.05) is 6.92 Å². The molecule has 1 aromatic carbocycles. The van der Waals surface area contributed by atoms with Crippen LogP contribution >= 0.6 is 0 Å². The molecule has 0 aliphatic heterocycles. The minimum Gasteiger partial charge on any atom is -0.461 e. The highest BCUT2D eigenvalue weighted by atomic mass is 32.2. The first-order chi connectivity index (χ1) is 8.76. The Morgan fingerprint density at radius 3 is 2.53 bits per heavy atom. The summed E-state index contributed by atoms with van der Waals surface area (Å²) in [4.78, 5) is 11.4. The van der Waals surface area contributed by atoms with Crippen LogP contribution in [0.5, 0.6) is 0 Å². The number of rotatable bonds is 5. The van der Waals surface area contributed by atoms with Crippen LogP contribution in [-0.4, -0.2) is 32.5 Å². The van der Waals surface area contributed by atoms with Gasteiger partial charge in [-0.15, -0.1) is 0 Å². The lowest BCUT2D eigenvalue weighted by atomic mass is 10.2. The summed E-state index contributed by atoms with van der Waals surface area (Å²) >= 11 is 0. The number of halogens is 2. The zero-order valence-corrected chi connectivity index (χ0v) is 11.0. The lowest BCUT2D eigenvalue weighted by Crippen LogP contribution is -2.17. The molecule has 106 valence electrons. The number of benzene rings is 1. The third kappa shape index (κ3) is 4.16. The van der Waals surface area contributed by atoms with Gasteiger partial charge in [-0.05, 0) is 6.07 Å². The maximum Gasteiger partial charge on any atom is 0.341 e. The summed E-state index contributed by atoms with van der Waals surface area (Å²) in [7, 11) is -3.29. The molecule has 0 atom stereocenters. The molecule has 0 fully saturated rings. The van der Waals surface area contributed by atoms with E-state index in [1.807, 2.05) is 0 Å². The van der Waals surface area contributed by atoms with Crippen LogP contribution in [0.25, 0.3) is 0 Å². The number of sulfone groups is 1. The molecule has 0 spiro atoms. The molecule has 8 heteroatoms. The van der Waals surface area contributed by atoms with E-state index in [0.717, 1.165) is 0 Å². The van der Waals surface area contributed by atoms with E-state index in [0.29, 0.717) is 12.1 Å². The molecule has 0 aromatic heterocycles. The summed E-state index contributed by atoms with van der Waals surface area (Å²) in [6.07, 6.45) is 0. The molecule has 19 heavy (non-hydrogen) atoms. The molecular weight excluding hydrogens is 280 g/mol. The fraction of sp³-hybridized carbons (Fsp3) is 0.364. The van der Waals surface area contributed by atoms with Crippen molar-refractivity contribution in [3.63, 3.8) is 0 Å². The van der Waals surface area contributed by atoms with Crippen molar-refractivity contribution in [2.45, 2.75) is 6.92 Å². The monoisotopic (exact) mass is 293 g/mol. The highest BCUT2D eigenvalue weighted by Crippen LogP contribution is 2.17. The molecular formula is C11H13F2NO4S. The first-order valence-corrected chi connectivity index (χ1v) is 7.21. The van der Waals surface area contributed by atoms with Crippen LogP contribution in [0.4, 0.5) is 14.5 Å². The number of anilines is 1. The summed E-state index contributed by atoms with van der Waals surface area (Å²) in [5.41, 5.74) is 4.07. The average molecular weight is 293 g/mol. The zero-order chi connectivity index (χ0) is 14.6. The Morgan fingerprint density at radius 1 is 1.32 bits per heavy atom. The normalized spacial score (nSPS) is 11.3. The number of nitrogen functional groups attached to an aromatic ring is 1. The third-order valence-corrected chi connectivity index (χ3v) is 4.04. The van der Waals surface area contributed by atoms with Gasteiger partial charge >= 0.3 is 5.97 Å². The first kappa shape index (κ1) is 15.4. The predicted molar refractivity (Wildman–Crippen MR) is 65.4 cm³/mol. The molecule has 0 radical (unpaired) electrons. The zero-order valence-electron chi connectivity index (χ0n) is 10.2. The van der Waals surface area contributed by atoms with Gasteiger partial charge in [0.1, 0.15) is 18.2 Å². The van der Waals surface area contributed by atoms with Crippen LogP contribution < -0.4 is 5.73 Å². The SMILES string of the molecule is CCS(=O)(=O)CCOC(=O)c1cc(F)c(N)cc1F. The van der Waals surface area contributed by atoms with Gasteiger partial charge in [-0.2, -0.15) is 0 Å². The minimum absolute atomic E-state index is 0.0879. The van der Waals surface area contributed by atoms with Crippen LogP contribution in [0.2, 0.25) is 0 Å². The van der Waals surface area contributed by atoms with E-state index in [4.69, 9.17) is 5.73 Å². The van der Waals surface area contributed by atoms with Crippen molar-refractivity contribution in [3.8, 4) is 0 Å². The molecule has 0 saturated heterocycles. The Morgan fingerprint density at radius 2 is 1.95 bits per heavy atom. The Bertz CT molecular complexity index is 587. The summed E-state index contributed by atoms with van der Waals surface area (Å²) in [5, 5.41) is 0. The largest absolute Gasteiger partial charge is 0.461 e. The second-order valence-corrected chi connectivity index (χ2v) is 6.20. The van der Waals surface area contributed by atoms with Crippen molar-refractivity contribution in [3.05, 3.63) is 29.3 Å². The van der Waals surface area contributed by atoms with E-state index in [1.54, 1.807) is 0 Å². The van der Waals surface area contributed by atoms with Crippen LogP contribution in [0, 0.1) is 11.6 Å². The molecule has 1 aromatic rings. The Kier molecular flexibility index (Phi) is 4.82. The lowest BCUT2D eigenvalue weighted by Gasteiger charge is -2.06. The van der Waals surface area contributed by atoms with Crippen molar-refractivity contribution in [2.75, 3.05) is 23.8 Å². The molecule has 5 nitrogen and oxygen atoms in total. The number of hydrogen-bond acceptors (Lipinski definition) is 5. The topological polar surface area (TPSA) is 86.5 Å². The lowest BCUT2D eigenvalue weighted by molar-refractivity contribution is 0.0523. The number of ether oxygens (including phenoxy) is 1. The van der Waals surface area contributed by atoms with Crippen LogP contribution in [0.1, 0.15) is 17.3 Å². The number of carbonyl (C=O) groups excluding carboxylic acids is 1. The summed E-state index contributed by atoms with van der Waals surface area (Å²) in [5.74, 6) is -3.57. The maximum atomic E-state index is 13.3. The second-order valence-electron chi connectivity index (χ2n) is 3.73. The van der Waals surface area contributed by atoms with Crippen LogP contribution in [0.15, 0.2) is 12.1 Å². The van der Waals surface area contributed by atoms with Crippen molar-refractivity contribution >= 4 is 21.5 Å². The first-order valence-electron chi connectivity index (χ1n) is 5.39. The molecule has 2 N–H and O–H groups in total. The van der Waals surface area contributed by atoms with Gasteiger partial charge in [0.15, 0.2) is 9.84 Å². The molecule has 0 unspecified atom stereocenters. The molecule has 0 heterocycles. The smallest absolute Gasteiger partial charge is 0.341 e. The van der Waals surface area contributed by atoms with Gasteiger partial charge in [0.2, 0.25) is 0 Å². The maximum absolute atomic E-state index is 13.3. The van der Waals surface area contributed by atoms with Crippen molar-refractivity contribution < 1.29 is 26.7 Å². The van der Waals surface area contributed by atoms with Gasteiger partial charge in [0.25, 0.3) is 0 Å². The van der Waals surface area contributed by atoms with Gasteiger partial charge in [0, 0.05) is 11.8 Å². The number of esters is 1. The van der Waals surface area contributed by atoms with E-state index in [9.17, 15) is 22.0 Å². The van der Waals surface area contributed by atoms with Gasteiger partial charge < -0.3 is 10.5 Å². The minimum atomic E-state index is -3.29. The van der Waals surface area contributed by atoms with Gasteiger partial charge in [-0.25, -0.2) is 22.0 Å². The van der Waals surface area contributed by atoms with E-state index in [1.165, 1.54) is 6.92 Å². The quantitative estimate of drug-likeness (QED) is 0.650. The fourth-order valence-electron chi connectivity index (χ4n) is 1.20. The molecule has 0 amide bonds. The van der Waals surface area contributed by atoms with E-state index in [2.05, 4.69) is 4.74 Å². The second kappa shape index (κ2) is 5.96. The highest BCUT2D eigenvalue weighted by molar-refractivity contribution is 7.91. The Hall–Kier alpha value is -1.70. The predicted octanol–water partition coefficient (Wildman–Crippen LogP) is 1.14. The summed E-state index contributed by atoms with van der Waals surface area (Å²) < 4.78 is 53.3. The average Bonchev–Trinajstić information content (AvgIpc) is 2.33. The van der Waals surface area contributed by atoms with Crippen molar-refractivity contribution in [1.29, 1.82) is 0 Å². The van der Waals surface area contributed by atoms with E-state index in [-0.39, 0.29) is 11.5 Å². The van der Waals surface area contributed by atoms with E-state index >= 15 is 0 Å². The van der Waals surface area contributed by atoms with Crippen LogP contribution in [-0.2, 0) is 14.6 Å². The molecule has 0 bridgehead atoms. The molecule has 1 rings (SSSR count).